The van der Waals surface area contributed by atoms with Crippen molar-refractivity contribution >= 4 is 28.3 Å². The van der Waals surface area contributed by atoms with Gasteiger partial charge < -0.3 is 10.0 Å². The first-order valence-electron chi connectivity index (χ1n) is 8.44. The monoisotopic (exact) mass is 353 g/mol. The van der Waals surface area contributed by atoms with Crippen molar-refractivity contribution in [2.75, 3.05) is 13.1 Å². The molecule has 1 aliphatic heterocycles. The van der Waals surface area contributed by atoms with Gasteiger partial charge >= 0.3 is 0 Å². The quantitative estimate of drug-likeness (QED) is 0.785. The Balaban J connectivity index is 1.43. The van der Waals surface area contributed by atoms with Crippen molar-refractivity contribution in [3.8, 4) is 0 Å². The second-order valence-corrected chi connectivity index (χ2v) is 7.33. The molecule has 128 valence electrons. The van der Waals surface area contributed by atoms with E-state index in [4.69, 9.17) is 0 Å². The molecule has 3 heterocycles. The number of aliphatic hydroxyl groups is 1. The topological polar surface area (TPSA) is 66.3 Å². The van der Waals surface area contributed by atoms with Crippen molar-refractivity contribution in [3.05, 3.63) is 58.5 Å². The summed E-state index contributed by atoms with van der Waals surface area (Å²) in [7, 11) is 0. The van der Waals surface area contributed by atoms with Gasteiger partial charge in [-0.15, -0.1) is 11.3 Å². The zero-order chi connectivity index (χ0) is 17.2. The van der Waals surface area contributed by atoms with Crippen LogP contribution in [0.5, 0.6) is 0 Å². The zero-order valence-electron chi connectivity index (χ0n) is 13.7. The summed E-state index contributed by atoms with van der Waals surface area (Å²) < 4.78 is 0. The molecule has 0 radical (unpaired) electrons. The third-order valence-electron chi connectivity index (χ3n) is 4.82. The minimum absolute atomic E-state index is 0.0246. The Labute approximate surface area is 150 Å². The van der Waals surface area contributed by atoms with Crippen LogP contribution in [0.2, 0.25) is 0 Å². The number of nitrogens with zero attached hydrogens (tertiary/aromatic N) is 3. The van der Waals surface area contributed by atoms with Crippen molar-refractivity contribution in [3.63, 3.8) is 0 Å². The molecule has 5 nitrogen and oxygen atoms in total. The lowest BCUT2D eigenvalue weighted by atomic mass is 9.90. The van der Waals surface area contributed by atoms with Crippen molar-refractivity contribution in [2.24, 2.45) is 5.92 Å². The van der Waals surface area contributed by atoms with Crippen LogP contribution in [-0.2, 0) is 0 Å². The van der Waals surface area contributed by atoms with Gasteiger partial charge in [0, 0.05) is 35.9 Å². The van der Waals surface area contributed by atoms with Crippen molar-refractivity contribution in [1.82, 2.24) is 14.9 Å². The van der Waals surface area contributed by atoms with E-state index in [9.17, 15) is 9.90 Å². The lowest BCUT2D eigenvalue weighted by Gasteiger charge is -2.34. The van der Waals surface area contributed by atoms with Gasteiger partial charge in [-0.1, -0.05) is 6.07 Å². The Morgan fingerprint density at radius 3 is 2.64 bits per heavy atom. The van der Waals surface area contributed by atoms with Gasteiger partial charge in [0.25, 0.3) is 5.91 Å². The molecule has 0 saturated carbocycles. The van der Waals surface area contributed by atoms with Gasteiger partial charge in [-0.2, -0.15) is 0 Å². The van der Waals surface area contributed by atoms with E-state index in [0.717, 1.165) is 28.8 Å². The van der Waals surface area contributed by atoms with Crippen LogP contribution in [-0.4, -0.2) is 39.0 Å². The number of benzene rings is 1. The van der Waals surface area contributed by atoms with Gasteiger partial charge in [0.2, 0.25) is 0 Å². The van der Waals surface area contributed by atoms with Crippen LogP contribution in [0.3, 0.4) is 0 Å². The number of hydrogen-bond acceptors (Lipinski definition) is 5. The van der Waals surface area contributed by atoms with Gasteiger partial charge in [-0.05, 0) is 48.4 Å². The van der Waals surface area contributed by atoms with Crippen LogP contribution < -0.4 is 0 Å². The third kappa shape index (κ3) is 3.27. The lowest BCUT2D eigenvalue weighted by Crippen LogP contribution is -2.39. The van der Waals surface area contributed by atoms with Crippen LogP contribution >= 0.6 is 11.3 Å². The molecule has 2 aromatic heterocycles. The maximum absolute atomic E-state index is 12.8. The molecule has 1 unspecified atom stereocenters. The van der Waals surface area contributed by atoms with E-state index in [1.54, 1.807) is 29.8 Å². The third-order valence-corrected chi connectivity index (χ3v) is 5.77. The average Bonchev–Trinajstić information content (AvgIpc) is 3.21. The van der Waals surface area contributed by atoms with Crippen molar-refractivity contribution in [1.29, 1.82) is 0 Å². The molecule has 0 spiro atoms. The number of thiophene rings is 1. The molecule has 0 aliphatic carbocycles. The van der Waals surface area contributed by atoms with E-state index >= 15 is 0 Å². The van der Waals surface area contributed by atoms with Gasteiger partial charge in [0.1, 0.15) is 0 Å². The summed E-state index contributed by atoms with van der Waals surface area (Å²) in [5.74, 6) is 0.238. The predicted octanol–water partition coefficient (Wildman–Crippen LogP) is 3.28. The number of rotatable bonds is 3. The van der Waals surface area contributed by atoms with Gasteiger partial charge in [0.15, 0.2) is 0 Å². The molecule has 3 aromatic rings. The maximum atomic E-state index is 12.8. The molecule has 25 heavy (non-hydrogen) atoms. The van der Waals surface area contributed by atoms with E-state index in [2.05, 4.69) is 9.97 Å². The summed E-state index contributed by atoms with van der Waals surface area (Å²) in [6.07, 6.45) is 4.49. The number of piperidine rings is 1. The molecule has 1 saturated heterocycles. The van der Waals surface area contributed by atoms with E-state index < -0.39 is 6.10 Å². The zero-order valence-corrected chi connectivity index (χ0v) is 14.5. The highest BCUT2D eigenvalue weighted by molar-refractivity contribution is 7.10. The Kier molecular flexibility index (Phi) is 4.46. The number of hydrogen-bond donors (Lipinski definition) is 1. The predicted molar refractivity (Wildman–Crippen MR) is 97.4 cm³/mol. The number of carbonyl (C=O) groups is 1. The normalized spacial score (nSPS) is 16.9. The largest absolute Gasteiger partial charge is 0.387 e. The van der Waals surface area contributed by atoms with Crippen LogP contribution in [0.4, 0.5) is 0 Å². The Morgan fingerprint density at radius 2 is 1.92 bits per heavy atom. The maximum Gasteiger partial charge on any atom is 0.253 e. The number of fused-ring (bicyclic) bond motifs is 1. The van der Waals surface area contributed by atoms with Crippen molar-refractivity contribution < 1.29 is 9.90 Å². The Hall–Kier alpha value is -2.31. The smallest absolute Gasteiger partial charge is 0.253 e. The first kappa shape index (κ1) is 16.2. The van der Waals surface area contributed by atoms with Crippen LogP contribution in [0.1, 0.15) is 34.2 Å². The fourth-order valence-electron chi connectivity index (χ4n) is 3.39. The van der Waals surface area contributed by atoms with Gasteiger partial charge in [-0.3, -0.25) is 14.8 Å². The lowest BCUT2D eigenvalue weighted by molar-refractivity contribution is 0.0474. The summed E-state index contributed by atoms with van der Waals surface area (Å²) >= 11 is 1.59. The Morgan fingerprint density at radius 1 is 1.16 bits per heavy atom. The van der Waals surface area contributed by atoms with Gasteiger partial charge in [0.05, 0.1) is 17.1 Å². The molecular formula is C19H19N3O2S. The highest BCUT2D eigenvalue weighted by Crippen LogP contribution is 2.33. The van der Waals surface area contributed by atoms with Crippen LogP contribution in [0, 0.1) is 5.92 Å². The second-order valence-electron chi connectivity index (χ2n) is 6.35. The average molecular weight is 353 g/mol. The molecule has 1 amide bonds. The summed E-state index contributed by atoms with van der Waals surface area (Å²) in [5.41, 5.74) is 2.17. The van der Waals surface area contributed by atoms with E-state index in [0.29, 0.717) is 18.7 Å². The second kappa shape index (κ2) is 6.90. The highest BCUT2D eigenvalue weighted by Gasteiger charge is 2.29. The summed E-state index contributed by atoms with van der Waals surface area (Å²) in [6, 6.07) is 9.39. The minimum Gasteiger partial charge on any atom is -0.387 e. The first-order chi connectivity index (χ1) is 12.2. The summed E-state index contributed by atoms with van der Waals surface area (Å²) in [4.78, 5) is 24.1. The minimum atomic E-state index is -0.423. The molecule has 1 aromatic carbocycles. The van der Waals surface area contributed by atoms with E-state index in [-0.39, 0.29) is 11.8 Å². The van der Waals surface area contributed by atoms with Crippen molar-refractivity contribution in [2.45, 2.75) is 18.9 Å². The van der Waals surface area contributed by atoms with E-state index in [1.165, 1.54) is 0 Å². The van der Waals surface area contributed by atoms with E-state index in [1.807, 2.05) is 34.5 Å². The number of aliphatic hydroxyl groups excluding tert-OH is 1. The molecule has 6 heteroatoms. The fraction of sp³-hybridized carbons (Fsp3) is 0.316. The molecule has 4 rings (SSSR count). The van der Waals surface area contributed by atoms with Gasteiger partial charge in [-0.25, -0.2) is 0 Å². The number of likely N-dealkylation sites (tertiary alicyclic amines) is 1. The summed E-state index contributed by atoms with van der Waals surface area (Å²) in [6.45, 7) is 1.34. The standard InChI is InChI=1S/C19H19N3O2S/c23-18(17-2-1-11-25-17)13-5-9-22(10-6-13)19(24)14-3-4-15-16(12-14)21-8-7-20-15/h1-4,7-8,11-13,18,23H,5-6,9-10H2. The molecule has 1 aliphatic rings. The SMILES string of the molecule is O=C(c1ccc2nccnc2c1)N1CCC(C(O)c2cccs2)CC1. The molecular weight excluding hydrogens is 334 g/mol. The molecule has 0 bridgehead atoms. The molecule has 1 N–H and O–H groups in total. The first-order valence-corrected chi connectivity index (χ1v) is 9.32. The van der Waals surface area contributed by atoms with Crippen LogP contribution in [0.15, 0.2) is 48.1 Å². The Bertz CT molecular complexity index is 873. The highest BCUT2D eigenvalue weighted by atomic mass is 32.1. The molecule has 1 fully saturated rings. The molecule has 1 atom stereocenters. The number of amides is 1. The van der Waals surface area contributed by atoms with Crippen LogP contribution in [0.25, 0.3) is 11.0 Å². The fourth-order valence-corrected chi connectivity index (χ4v) is 4.19. The number of carbonyl (C=O) groups excluding carboxylic acids is 1. The summed E-state index contributed by atoms with van der Waals surface area (Å²) in [5, 5.41) is 12.5. The number of aromatic nitrogens is 2.